The first-order valence-corrected chi connectivity index (χ1v) is 7.62. The van der Waals surface area contributed by atoms with Crippen molar-refractivity contribution in [1.29, 1.82) is 0 Å². The summed E-state index contributed by atoms with van der Waals surface area (Å²) in [5.74, 6) is 0.661. The molecule has 98 valence electrons. The Hall–Kier alpha value is -1.22. The molecule has 0 aliphatic heterocycles. The maximum Gasteiger partial charge on any atom is 0.250 e. The normalized spacial score (nSPS) is 11.9. The first-order chi connectivity index (χ1) is 8.53. The smallest absolute Gasteiger partial charge is 0.250 e. The van der Waals surface area contributed by atoms with E-state index in [1.54, 1.807) is 28.4 Å². The molecule has 0 fully saturated rings. The van der Waals surface area contributed by atoms with Crippen molar-refractivity contribution in [3.63, 3.8) is 0 Å². The van der Waals surface area contributed by atoms with E-state index in [1.807, 2.05) is 7.05 Å². The Labute approximate surface area is 110 Å². The zero-order valence-corrected chi connectivity index (χ0v) is 11.5. The van der Waals surface area contributed by atoms with Crippen LogP contribution in [0.2, 0.25) is 0 Å². The van der Waals surface area contributed by atoms with Crippen LogP contribution in [0.4, 0.5) is 0 Å². The summed E-state index contributed by atoms with van der Waals surface area (Å²) in [6, 6.07) is 1.59. The lowest BCUT2D eigenvalue weighted by atomic mass is 10.4. The van der Waals surface area contributed by atoms with Gasteiger partial charge in [-0.2, -0.15) is 0 Å². The number of imidazole rings is 1. The van der Waals surface area contributed by atoms with Gasteiger partial charge in [0.25, 0.3) is 0 Å². The fraction of sp³-hybridized carbons (Fsp3) is 0.300. The fourth-order valence-corrected chi connectivity index (χ4v) is 3.65. The molecule has 2 aromatic rings. The lowest BCUT2D eigenvalue weighted by Gasteiger charge is -2.04. The van der Waals surface area contributed by atoms with Gasteiger partial charge in [-0.15, -0.1) is 11.3 Å². The molecule has 2 aromatic heterocycles. The monoisotopic (exact) mass is 286 g/mol. The Kier molecular flexibility index (Phi) is 3.81. The third kappa shape index (κ3) is 2.78. The van der Waals surface area contributed by atoms with Crippen LogP contribution in [-0.4, -0.2) is 18.0 Å². The van der Waals surface area contributed by atoms with Gasteiger partial charge < -0.3 is 10.3 Å². The molecule has 0 atom stereocenters. The van der Waals surface area contributed by atoms with Crippen molar-refractivity contribution < 1.29 is 8.42 Å². The average molecular weight is 286 g/mol. The number of sulfonamides is 1. The second-order valence-electron chi connectivity index (χ2n) is 3.76. The number of aromatic nitrogens is 2. The number of hydrogen-bond donors (Lipinski definition) is 2. The SMILES string of the molecule is Cn1ccnc1CNS(=O)(=O)c1cc(CN)cs1. The molecule has 0 radical (unpaired) electrons. The number of rotatable bonds is 5. The van der Waals surface area contributed by atoms with Gasteiger partial charge >= 0.3 is 0 Å². The summed E-state index contributed by atoms with van der Waals surface area (Å²) in [6.07, 6.45) is 3.39. The van der Waals surface area contributed by atoms with Crippen LogP contribution in [0.15, 0.2) is 28.0 Å². The van der Waals surface area contributed by atoms with Gasteiger partial charge in [0.15, 0.2) is 0 Å². The third-order valence-corrected chi connectivity index (χ3v) is 5.36. The Morgan fingerprint density at radius 3 is 2.89 bits per heavy atom. The maximum absolute atomic E-state index is 12.0. The minimum absolute atomic E-state index is 0.168. The number of aryl methyl sites for hydroxylation is 1. The quantitative estimate of drug-likeness (QED) is 0.833. The molecule has 0 aromatic carbocycles. The molecule has 3 N–H and O–H groups in total. The van der Waals surface area contributed by atoms with Gasteiger partial charge in [-0.25, -0.2) is 18.1 Å². The molecule has 0 aliphatic carbocycles. The summed E-state index contributed by atoms with van der Waals surface area (Å²) in [7, 11) is -1.67. The van der Waals surface area contributed by atoms with Crippen LogP contribution < -0.4 is 10.5 Å². The van der Waals surface area contributed by atoms with E-state index >= 15 is 0 Å². The van der Waals surface area contributed by atoms with Crippen LogP contribution in [-0.2, 0) is 30.2 Å². The lowest BCUT2D eigenvalue weighted by Crippen LogP contribution is -2.24. The molecular formula is C10H14N4O2S2. The third-order valence-electron chi connectivity index (χ3n) is 2.47. The summed E-state index contributed by atoms with van der Waals surface area (Å²) in [5, 5.41) is 1.75. The molecule has 2 heterocycles. The van der Waals surface area contributed by atoms with Crippen LogP contribution in [0.3, 0.4) is 0 Å². The summed E-state index contributed by atoms with van der Waals surface area (Å²) >= 11 is 1.16. The van der Waals surface area contributed by atoms with E-state index in [4.69, 9.17) is 5.73 Å². The van der Waals surface area contributed by atoms with Crippen molar-refractivity contribution in [2.24, 2.45) is 12.8 Å². The number of nitrogens with two attached hydrogens (primary N) is 1. The van der Waals surface area contributed by atoms with Gasteiger partial charge in [0.2, 0.25) is 10.0 Å². The van der Waals surface area contributed by atoms with E-state index in [0.29, 0.717) is 12.4 Å². The van der Waals surface area contributed by atoms with E-state index < -0.39 is 10.0 Å². The molecule has 2 rings (SSSR count). The first-order valence-electron chi connectivity index (χ1n) is 5.26. The highest BCUT2D eigenvalue weighted by molar-refractivity contribution is 7.91. The van der Waals surface area contributed by atoms with E-state index in [2.05, 4.69) is 9.71 Å². The molecule has 0 saturated heterocycles. The van der Waals surface area contributed by atoms with Crippen molar-refractivity contribution >= 4 is 21.4 Å². The first kappa shape index (κ1) is 13.2. The Balaban J connectivity index is 2.10. The summed E-state index contributed by atoms with van der Waals surface area (Å²) in [6.45, 7) is 0.507. The van der Waals surface area contributed by atoms with E-state index in [0.717, 1.165) is 16.9 Å². The number of nitrogens with one attached hydrogen (secondary N) is 1. The molecular weight excluding hydrogens is 272 g/mol. The standard InChI is InChI=1S/C10H14N4O2S2/c1-14-3-2-12-9(14)6-13-18(15,16)10-4-8(5-11)7-17-10/h2-4,7,13H,5-6,11H2,1H3. The van der Waals surface area contributed by atoms with Gasteiger partial charge in [-0.1, -0.05) is 0 Å². The van der Waals surface area contributed by atoms with Gasteiger partial charge in [0, 0.05) is 26.0 Å². The predicted octanol–water partition coefficient (Wildman–Crippen LogP) is 0.419. The highest BCUT2D eigenvalue weighted by Crippen LogP contribution is 2.19. The minimum atomic E-state index is -3.48. The van der Waals surface area contributed by atoms with E-state index in [1.165, 1.54) is 0 Å². The highest BCUT2D eigenvalue weighted by atomic mass is 32.2. The topological polar surface area (TPSA) is 90.0 Å². The molecule has 0 amide bonds. The fourth-order valence-electron chi connectivity index (χ4n) is 1.40. The van der Waals surface area contributed by atoms with Crippen molar-refractivity contribution in [1.82, 2.24) is 14.3 Å². The number of hydrogen-bond acceptors (Lipinski definition) is 5. The molecule has 0 unspecified atom stereocenters. The Morgan fingerprint density at radius 2 is 2.33 bits per heavy atom. The van der Waals surface area contributed by atoms with Crippen molar-refractivity contribution in [3.05, 3.63) is 35.2 Å². The van der Waals surface area contributed by atoms with Crippen LogP contribution >= 0.6 is 11.3 Å². The predicted molar refractivity (Wildman–Crippen MR) is 69.4 cm³/mol. The molecule has 0 saturated carbocycles. The summed E-state index contributed by atoms with van der Waals surface area (Å²) in [4.78, 5) is 4.05. The lowest BCUT2D eigenvalue weighted by molar-refractivity contribution is 0.579. The maximum atomic E-state index is 12.0. The summed E-state index contributed by atoms with van der Waals surface area (Å²) in [5.41, 5.74) is 6.27. The van der Waals surface area contributed by atoms with E-state index in [-0.39, 0.29) is 10.8 Å². The Morgan fingerprint density at radius 1 is 1.56 bits per heavy atom. The van der Waals surface area contributed by atoms with Gasteiger partial charge in [-0.3, -0.25) is 0 Å². The van der Waals surface area contributed by atoms with E-state index in [9.17, 15) is 8.42 Å². The summed E-state index contributed by atoms with van der Waals surface area (Å²) < 4.78 is 28.5. The molecule has 0 bridgehead atoms. The van der Waals surface area contributed by atoms with Crippen molar-refractivity contribution in [2.45, 2.75) is 17.3 Å². The second kappa shape index (κ2) is 5.19. The number of thiophene rings is 1. The zero-order valence-electron chi connectivity index (χ0n) is 9.83. The minimum Gasteiger partial charge on any atom is -0.337 e. The van der Waals surface area contributed by atoms with Crippen molar-refractivity contribution in [2.75, 3.05) is 0 Å². The second-order valence-corrected chi connectivity index (χ2v) is 6.66. The average Bonchev–Trinajstić information content (AvgIpc) is 2.95. The number of nitrogens with zero attached hydrogens (tertiary/aromatic N) is 2. The van der Waals surface area contributed by atoms with Gasteiger partial charge in [-0.05, 0) is 17.0 Å². The molecule has 6 nitrogen and oxygen atoms in total. The van der Waals surface area contributed by atoms with Gasteiger partial charge in [0.1, 0.15) is 10.0 Å². The molecule has 18 heavy (non-hydrogen) atoms. The molecule has 8 heteroatoms. The van der Waals surface area contributed by atoms with Gasteiger partial charge in [0.05, 0.1) is 6.54 Å². The van der Waals surface area contributed by atoms with Crippen LogP contribution in [0.1, 0.15) is 11.4 Å². The van der Waals surface area contributed by atoms with Crippen LogP contribution in [0.5, 0.6) is 0 Å². The molecule has 0 aliphatic rings. The highest BCUT2D eigenvalue weighted by Gasteiger charge is 2.16. The van der Waals surface area contributed by atoms with Crippen LogP contribution in [0.25, 0.3) is 0 Å². The largest absolute Gasteiger partial charge is 0.337 e. The zero-order chi connectivity index (χ0) is 13.2. The van der Waals surface area contributed by atoms with Crippen LogP contribution in [0, 0.1) is 0 Å². The van der Waals surface area contributed by atoms with Crippen molar-refractivity contribution in [3.8, 4) is 0 Å². The Bertz CT molecular complexity index is 630. The molecule has 0 spiro atoms.